The van der Waals surface area contributed by atoms with Gasteiger partial charge in [0.25, 0.3) is 10.0 Å². The fourth-order valence-corrected chi connectivity index (χ4v) is 4.84. The van der Waals surface area contributed by atoms with E-state index in [2.05, 4.69) is 4.98 Å². The van der Waals surface area contributed by atoms with Crippen LogP contribution in [0.5, 0.6) is 0 Å². The van der Waals surface area contributed by atoms with Gasteiger partial charge < -0.3 is 5.73 Å². The third-order valence-corrected chi connectivity index (χ3v) is 5.85. The summed E-state index contributed by atoms with van der Waals surface area (Å²) < 4.78 is 28.9. The van der Waals surface area contributed by atoms with Gasteiger partial charge in [0.05, 0.1) is 0 Å². The highest BCUT2D eigenvalue weighted by molar-refractivity contribution is 7.89. The average Bonchev–Trinajstić information content (AvgIpc) is 3.01. The van der Waals surface area contributed by atoms with Crippen molar-refractivity contribution >= 4 is 21.5 Å². The van der Waals surface area contributed by atoms with Crippen LogP contribution in [0, 0.1) is 0 Å². The minimum Gasteiger partial charge on any atom is -0.381 e. The second kappa shape index (κ2) is 4.75. The molecule has 2 N–H and O–H groups in total. The highest BCUT2D eigenvalue weighted by Gasteiger charge is 2.37. The highest BCUT2D eigenvalue weighted by Crippen LogP contribution is 2.30. The summed E-state index contributed by atoms with van der Waals surface area (Å²) in [5, 5.41) is 0.0912. The minimum atomic E-state index is -3.61. The van der Waals surface area contributed by atoms with Crippen molar-refractivity contribution in [3.8, 4) is 0 Å². The summed E-state index contributed by atoms with van der Waals surface area (Å²) in [5.74, 6) is 0.0675. The van der Waals surface area contributed by atoms with Crippen molar-refractivity contribution in [2.45, 2.75) is 37.3 Å². The van der Waals surface area contributed by atoms with Crippen LogP contribution in [0.25, 0.3) is 5.65 Å². The Balaban J connectivity index is 2.16. The number of nitrogen functional groups attached to an aromatic ring is 1. The largest absolute Gasteiger partial charge is 0.381 e. The molecule has 0 radical (unpaired) electrons. The van der Waals surface area contributed by atoms with Gasteiger partial charge in [-0.2, -0.15) is 4.31 Å². The number of aromatic nitrogens is 2. The van der Waals surface area contributed by atoms with E-state index in [4.69, 9.17) is 5.73 Å². The second-order valence-corrected chi connectivity index (χ2v) is 6.86. The van der Waals surface area contributed by atoms with Gasteiger partial charge in [-0.25, -0.2) is 13.4 Å². The maximum atomic E-state index is 12.9. The van der Waals surface area contributed by atoms with Gasteiger partial charge in [0.15, 0.2) is 10.8 Å². The van der Waals surface area contributed by atoms with Crippen molar-refractivity contribution in [2.24, 2.45) is 0 Å². The van der Waals surface area contributed by atoms with Crippen molar-refractivity contribution < 1.29 is 8.42 Å². The molecule has 3 rings (SSSR count). The van der Waals surface area contributed by atoms with Gasteiger partial charge in [-0.15, -0.1) is 0 Å². The van der Waals surface area contributed by atoms with Crippen LogP contribution in [0.3, 0.4) is 0 Å². The molecular formula is C13H18N4O2S. The van der Waals surface area contributed by atoms with Crippen molar-refractivity contribution in [1.82, 2.24) is 13.7 Å². The number of nitrogens with two attached hydrogens (primary N) is 1. The molecule has 2 aromatic rings. The molecule has 1 aliphatic rings. The third kappa shape index (κ3) is 1.89. The van der Waals surface area contributed by atoms with Crippen LogP contribution in [-0.2, 0) is 10.0 Å². The number of pyridine rings is 1. The Labute approximate surface area is 118 Å². The molecule has 0 saturated carbocycles. The van der Waals surface area contributed by atoms with Crippen molar-refractivity contribution in [1.29, 1.82) is 0 Å². The van der Waals surface area contributed by atoms with Crippen LogP contribution in [0.2, 0.25) is 0 Å². The number of anilines is 1. The van der Waals surface area contributed by atoms with E-state index in [-0.39, 0.29) is 16.9 Å². The van der Waals surface area contributed by atoms with E-state index < -0.39 is 10.0 Å². The van der Waals surface area contributed by atoms with Crippen molar-refractivity contribution in [3.63, 3.8) is 0 Å². The zero-order valence-corrected chi connectivity index (χ0v) is 12.2. The summed E-state index contributed by atoms with van der Waals surface area (Å²) in [5.41, 5.74) is 6.41. The van der Waals surface area contributed by atoms with Crippen LogP contribution >= 0.6 is 0 Å². The molecule has 0 aromatic carbocycles. The standard InChI is InChI=1S/C13H18N4O2S/c1-2-10-6-5-9-17(10)20(18,19)13-12(14)15-11-7-3-4-8-16(11)13/h3-4,7-8,10H,2,5-6,9,14H2,1H3. The normalized spacial score (nSPS) is 20.8. The van der Waals surface area contributed by atoms with Crippen LogP contribution in [0.1, 0.15) is 26.2 Å². The molecule has 20 heavy (non-hydrogen) atoms. The zero-order chi connectivity index (χ0) is 14.3. The van der Waals surface area contributed by atoms with Crippen LogP contribution in [-0.4, -0.2) is 34.7 Å². The Morgan fingerprint density at radius 2 is 2.25 bits per heavy atom. The minimum absolute atomic E-state index is 0.0636. The molecule has 1 saturated heterocycles. The van der Waals surface area contributed by atoms with Crippen molar-refractivity contribution in [3.05, 3.63) is 24.4 Å². The van der Waals surface area contributed by atoms with Crippen LogP contribution < -0.4 is 5.73 Å². The monoisotopic (exact) mass is 294 g/mol. The summed E-state index contributed by atoms with van der Waals surface area (Å²) >= 11 is 0. The molecular weight excluding hydrogens is 276 g/mol. The van der Waals surface area contributed by atoms with Gasteiger partial charge >= 0.3 is 0 Å². The number of imidazole rings is 1. The van der Waals surface area contributed by atoms with E-state index in [1.807, 2.05) is 13.0 Å². The summed E-state index contributed by atoms with van der Waals surface area (Å²) in [6.07, 6.45) is 4.30. The molecule has 1 aliphatic heterocycles. The number of nitrogens with zero attached hydrogens (tertiary/aromatic N) is 3. The molecule has 0 amide bonds. The summed E-state index contributed by atoms with van der Waals surface area (Å²) in [7, 11) is -3.61. The van der Waals surface area contributed by atoms with Crippen LogP contribution in [0.15, 0.2) is 29.4 Å². The molecule has 2 aromatic heterocycles. The molecule has 6 nitrogen and oxygen atoms in total. The predicted molar refractivity (Wildman–Crippen MR) is 76.8 cm³/mol. The van der Waals surface area contributed by atoms with Gasteiger partial charge in [0.2, 0.25) is 0 Å². The first-order chi connectivity index (χ1) is 9.55. The number of rotatable bonds is 3. The Morgan fingerprint density at radius 1 is 1.45 bits per heavy atom. The maximum absolute atomic E-state index is 12.9. The SMILES string of the molecule is CCC1CCCN1S(=O)(=O)c1c(N)nc2ccccn12. The first-order valence-electron chi connectivity index (χ1n) is 6.80. The Kier molecular flexibility index (Phi) is 3.18. The molecule has 1 fully saturated rings. The van der Waals surface area contributed by atoms with E-state index in [9.17, 15) is 8.42 Å². The molecule has 3 heterocycles. The van der Waals surface area contributed by atoms with Gasteiger partial charge in [-0.1, -0.05) is 13.0 Å². The Bertz CT molecular complexity index is 738. The lowest BCUT2D eigenvalue weighted by atomic mass is 10.2. The fourth-order valence-electron chi connectivity index (χ4n) is 2.89. The van der Waals surface area contributed by atoms with E-state index in [0.717, 1.165) is 19.3 Å². The van der Waals surface area contributed by atoms with Crippen LogP contribution in [0.4, 0.5) is 5.82 Å². The summed E-state index contributed by atoms with van der Waals surface area (Å²) in [6, 6.07) is 5.39. The lowest BCUT2D eigenvalue weighted by molar-refractivity contribution is 0.378. The first kappa shape index (κ1) is 13.4. The van der Waals surface area contributed by atoms with Gasteiger partial charge in [0, 0.05) is 18.8 Å². The number of fused-ring (bicyclic) bond motifs is 1. The lowest BCUT2D eigenvalue weighted by Gasteiger charge is -2.22. The smallest absolute Gasteiger partial charge is 0.263 e. The van der Waals surface area contributed by atoms with E-state index in [1.54, 1.807) is 27.0 Å². The third-order valence-electron chi connectivity index (χ3n) is 3.86. The summed E-state index contributed by atoms with van der Waals surface area (Å²) in [4.78, 5) is 4.14. The van der Waals surface area contributed by atoms with Crippen molar-refractivity contribution in [2.75, 3.05) is 12.3 Å². The van der Waals surface area contributed by atoms with E-state index >= 15 is 0 Å². The van der Waals surface area contributed by atoms with Gasteiger partial charge in [-0.05, 0) is 31.4 Å². The second-order valence-electron chi connectivity index (χ2n) is 5.05. The zero-order valence-electron chi connectivity index (χ0n) is 11.4. The molecule has 0 bridgehead atoms. The van der Waals surface area contributed by atoms with E-state index in [1.165, 1.54) is 0 Å². The number of hydrogen-bond acceptors (Lipinski definition) is 4. The molecule has 1 atom stereocenters. The lowest BCUT2D eigenvalue weighted by Crippen LogP contribution is -2.36. The molecule has 0 aliphatic carbocycles. The molecule has 0 spiro atoms. The fraction of sp³-hybridized carbons (Fsp3) is 0.462. The Hall–Kier alpha value is -1.60. The maximum Gasteiger partial charge on any atom is 0.263 e. The number of hydrogen-bond donors (Lipinski definition) is 1. The average molecular weight is 294 g/mol. The molecule has 108 valence electrons. The molecule has 7 heteroatoms. The topological polar surface area (TPSA) is 80.7 Å². The molecule has 1 unspecified atom stereocenters. The Morgan fingerprint density at radius 3 is 3.00 bits per heavy atom. The van der Waals surface area contributed by atoms with E-state index in [0.29, 0.717) is 12.2 Å². The number of sulfonamides is 1. The first-order valence-corrected chi connectivity index (χ1v) is 8.24. The van der Waals surface area contributed by atoms with Gasteiger partial charge in [-0.3, -0.25) is 4.40 Å². The predicted octanol–water partition coefficient (Wildman–Crippen LogP) is 1.48. The summed E-state index contributed by atoms with van der Waals surface area (Å²) in [6.45, 7) is 2.57. The van der Waals surface area contributed by atoms with Gasteiger partial charge in [0.1, 0.15) is 5.65 Å². The quantitative estimate of drug-likeness (QED) is 0.929. The highest BCUT2D eigenvalue weighted by atomic mass is 32.2.